The second kappa shape index (κ2) is 9.25. The summed E-state index contributed by atoms with van der Waals surface area (Å²) >= 11 is 0. The van der Waals surface area contributed by atoms with E-state index in [4.69, 9.17) is 9.47 Å². The third kappa shape index (κ3) is 5.03. The minimum Gasteiger partial charge on any atom is -0.497 e. The fourth-order valence-corrected chi connectivity index (χ4v) is 2.98. The number of nitrogens with zero attached hydrogens (tertiary/aromatic N) is 4. The van der Waals surface area contributed by atoms with Gasteiger partial charge in [-0.05, 0) is 37.6 Å². The van der Waals surface area contributed by atoms with Crippen LogP contribution >= 0.6 is 0 Å². The standard InChI is InChI=1S/C20H27N5O3/c1-4-13-28-19-14-18(21-15(2)22-19)24-9-11-25(12-10-24)20(26)23-16-5-7-17(27-3)8-6-16/h5-8,14H,4,9-13H2,1-3H3,(H,23,26). The van der Waals surface area contributed by atoms with Crippen molar-refractivity contribution in [3.8, 4) is 11.6 Å². The van der Waals surface area contributed by atoms with Crippen molar-refractivity contribution in [1.29, 1.82) is 0 Å². The Kier molecular flexibility index (Phi) is 6.52. The van der Waals surface area contributed by atoms with E-state index in [2.05, 4.69) is 27.1 Å². The van der Waals surface area contributed by atoms with Gasteiger partial charge in [-0.1, -0.05) is 6.92 Å². The summed E-state index contributed by atoms with van der Waals surface area (Å²) in [4.78, 5) is 25.3. The average molecular weight is 385 g/mol. The van der Waals surface area contributed by atoms with Gasteiger partial charge in [-0.25, -0.2) is 9.78 Å². The van der Waals surface area contributed by atoms with Crippen molar-refractivity contribution in [2.24, 2.45) is 0 Å². The van der Waals surface area contributed by atoms with Crippen molar-refractivity contribution in [2.45, 2.75) is 20.3 Å². The van der Waals surface area contributed by atoms with Gasteiger partial charge in [0.05, 0.1) is 13.7 Å². The molecule has 1 aromatic heterocycles. The molecule has 1 aliphatic rings. The lowest BCUT2D eigenvalue weighted by Crippen LogP contribution is -2.50. The summed E-state index contributed by atoms with van der Waals surface area (Å²) in [5, 5.41) is 2.93. The third-order valence-corrected chi connectivity index (χ3v) is 4.49. The first-order valence-electron chi connectivity index (χ1n) is 9.52. The van der Waals surface area contributed by atoms with Crippen LogP contribution in [0.3, 0.4) is 0 Å². The third-order valence-electron chi connectivity index (χ3n) is 4.49. The monoisotopic (exact) mass is 385 g/mol. The number of piperazine rings is 1. The van der Waals surface area contributed by atoms with Gasteiger partial charge in [0, 0.05) is 37.9 Å². The van der Waals surface area contributed by atoms with Gasteiger partial charge in [-0.3, -0.25) is 0 Å². The molecule has 1 aromatic carbocycles. The lowest BCUT2D eigenvalue weighted by molar-refractivity contribution is 0.208. The van der Waals surface area contributed by atoms with Crippen LogP contribution in [-0.4, -0.2) is 60.8 Å². The van der Waals surface area contributed by atoms with Crippen molar-refractivity contribution < 1.29 is 14.3 Å². The van der Waals surface area contributed by atoms with E-state index in [0.29, 0.717) is 44.5 Å². The topological polar surface area (TPSA) is 79.8 Å². The molecule has 1 aliphatic heterocycles. The highest BCUT2D eigenvalue weighted by atomic mass is 16.5. The van der Waals surface area contributed by atoms with E-state index < -0.39 is 0 Å². The van der Waals surface area contributed by atoms with Crippen LogP contribution < -0.4 is 19.7 Å². The molecule has 150 valence electrons. The number of aryl methyl sites for hydroxylation is 1. The number of hydrogen-bond donors (Lipinski definition) is 1. The van der Waals surface area contributed by atoms with Crippen molar-refractivity contribution in [1.82, 2.24) is 14.9 Å². The predicted octanol–water partition coefficient (Wildman–Crippen LogP) is 2.94. The molecule has 0 radical (unpaired) electrons. The van der Waals surface area contributed by atoms with E-state index in [0.717, 1.165) is 23.7 Å². The summed E-state index contributed by atoms with van der Waals surface area (Å²) in [5.41, 5.74) is 0.748. The van der Waals surface area contributed by atoms with Crippen LogP contribution in [0, 0.1) is 6.92 Å². The Hall–Kier alpha value is -3.03. The van der Waals surface area contributed by atoms with Crippen LogP contribution in [0.25, 0.3) is 0 Å². The Morgan fingerprint density at radius 1 is 1.14 bits per heavy atom. The van der Waals surface area contributed by atoms with Gasteiger partial charge in [0.15, 0.2) is 0 Å². The highest BCUT2D eigenvalue weighted by Crippen LogP contribution is 2.20. The van der Waals surface area contributed by atoms with Gasteiger partial charge in [0.1, 0.15) is 17.4 Å². The zero-order valence-electron chi connectivity index (χ0n) is 16.6. The molecule has 8 heteroatoms. The highest BCUT2D eigenvalue weighted by molar-refractivity contribution is 5.89. The van der Waals surface area contributed by atoms with Gasteiger partial charge in [0.25, 0.3) is 0 Å². The Morgan fingerprint density at radius 2 is 1.86 bits per heavy atom. The van der Waals surface area contributed by atoms with Gasteiger partial charge in [-0.15, -0.1) is 0 Å². The Labute approximate surface area is 165 Å². The number of aromatic nitrogens is 2. The maximum absolute atomic E-state index is 12.5. The lowest BCUT2D eigenvalue weighted by atomic mass is 10.3. The van der Waals surface area contributed by atoms with Crippen LogP contribution in [-0.2, 0) is 0 Å². The van der Waals surface area contributed by atoms with E-state index >= 15 is 0 Å². The molecule has 28 heavy (non-hydrogen) atoms. The van der Waals surface area contributed by atoms with Crippen LogP contribution in [0.15, 0.2) is 30.3 Å². The molecule has 0 atom stereocenters. The molecule has 2 aromatic rings. The van der Waals surface area contributed by atoms with Crippen molar-refractivity contribution in [2.75, 3.05) is 50.1 Å². The summed E-state index contributed by atoms with van der Waals surface area (Å²) in [6.45, 7) is 7.22. The molecular formula is C20H27N5O3. The molecule has 1 fully saturated rings. The number of anilines is 2. The van der Waals surface area contributed by atoms with Crippen molar-refractivity contribution >= 4 is 17.5 Å². The first-order valence-corrected chi connectivity index (χ1v) is 9.52. The molecule has 0 aliphatic carbocycles. The minimum atomic E-state index is -0.101. The maximum Gasteiger partial charge on any atom is 0.321 e. The normalized spacial score (nSPS) is 14.0. The van der Waals surface area contributed by atoms with Crippen LogP contribution in [0.4, 0.5) is 16.3 Å². The summed E-state index contributed by atoms with van der Waals surface area (Å²) in [6.07, 6.45) is 0.931. The van der Waals surface area contributed by atoms with Gasteiger partial charge in [-0.2, -0.15) is 4.98 Å². The van der Waals surface area contributed by atoms with Crippen molar-refractivity contribution in [3.63, 3.8) is 0 Å². The Balaban J connectivity index is 1.56. The molecule has 2 heterocycles. The summed E-state index contributed by atoms with van der Waals surface area (Å²) in [5.74, 6) is 2.88. The number of ether oxygens (including phenoxy) is 2. The van der Waals surface area contributed by atoms with E-state index in [1.807, 2.05) is 42.2 Å². The highest BCUT2D eigenvalue weighted by Gasteiger charge is 2.22. The van der Waals surface area contributed by atoms with Crippen LogP contribution in [0.1, 0.15) is 19.2 Å². The zero-order valence-corrected chi connectivity index (χ0v) is 16.6. The fraction of sp³-hybridized carbons (Fsp3) is 0.450. The zero-order chi connectivity index (χ0) is 19.9. The largest absolute Gasteiger partial charge is 0.497 e. The second-order valence-electron chi connectivity index (χ2n) is 6.59. The fourth-order valence-electron chi connectivity index (χ4n) is 2.98. The number of carbonyl (C=O) groups excluding carboxylic acids is 1. The molecule has 0 saturated carbocycles. The number of methoxy groups -OCH3 is 1. The average Bonchev–Trinajstić information content (AvgIpc) is 2.72. The number of amides is 2. The first kappa shape index (κ1) is 19.7. The lowest BCUT2D eigenvalue weighted by Gasteiger charge is -2.35. The number of rotatable bonds is 6. The quantitative estimate of drug-likeness (QED) is 0.824. The molecule has 1 N–H and O–H groups in total. The Bertz CT molecular complexity index is 789. The minimum absolute atomic E-state index is 0.101. The first-order chi connectivity index (χ1) is 13.6. The molecule has 0 bridgehead atoms. The maximum atomic E-state index is 12.5. The summed E-state index contributed by atoms with van der Waals surface area (Å²) in [6, 6.07) is 9.07. The number of carbonyl (C=O) groups is 1. The molecule has 1 saturated heterocycles. The number of benzene rings is 1. The molecule has 0 spiro atoms. The second-order valence-corrected chi connectivity index (χ2v) is 6.59. The van der Waals surface area contributed by atoms with Gasteiger partial charge < -0.3 is 24.6 Å². The molecule has 8 nitrogen and oxygen atoms in total. The van der Waals surface area contributed by atoms with E-state index in [-0.39, 0.29) is 6.03 Å². The van der Waals surface area contributed by atoms with Crippen LogP contribution in [0.5, 0.6) is 11.6 Å². The molecule has 2 amide bonds. The number of nitrogens with one attached hydrogen (secondary N) is 1. The Morgan fingerprint density at radius 3 is 2.50 bits per heavy atom. The number of urea groups is 1. The summed E-state index contributed by atoms with van der Waals surface area (Å²) < 4.78 is 10.8. The van der Waals surface area contributed by atoms with E-state index in [1.54, 1.807) is 7.11 Å². The molecule has 0 unspecified atom stereocenters. The predicted molar refractivity (Wildman–Crippen MR) is 108 cm³/mol. The van der Waals surface area contributed by atoms with E-state index in [1.165, 1.54) is 0 Å². The summed E-state index contributed by atoms with van der Waals surface area (Å²) in [7, 11) is 1.62. The van der Waals surface area contributed by atoms with Gasteiger partial charge in [0.2, 0.25) is 5.88 Å². The van der Waals surface area contributed by atoms with Crippen molar-refractivity contribution in [3.05, 3.63) is 36.2 Å². The molecule has 3 rings (SSSR count). The SMILES string of the molecule is CCCOc1cc(N2CCN(C(=O)Nc3ccc(OC)cc3)CC2)nc(C)n1. The van der Waals surface area contributed by atoms with Gasteiger partial charge >= 0.3 is 6.03 Å². The van der Waals surface area contributed by atoms with E-state index in [9.17, 15) is 4.79 Å². The number of hydrogen-bond acceptors (Lipinski definition) is 6. The molecular weight excluding hydrogens is 358 g/mol. The smallest absolute Gasteiger partial charge is 0.321 e. The van der Waals surface area contributed by atoms with Crippen LogP contribution in [0.2, 0.25) is 0 Å².